The molecule has 22 heavy (non-hydrogen) atoms. The summed E-state index contributed by atoms with van der Waals surface area (Å²) < 4.78 is 5.77. The summed E-state index contributed by atoms with van der Waals surface area (Å²) in [6.45, 7) is 1.31. The zero-order chi connectivity index (χ0) is 15.5. The average Bonchev–Trinajstić information content (AvgIpc) is 3.18. The van der Waals surface area contributed by atoms with Crippen LogP contribution in [0.15, 0.2) is 38.7 Å². The topological polar surface area (TPSA) is 62.6 Å². The summed E-state index contributed by atoms with van der Waals surface area (Å²) in [4.78, 5) is 26.9. The van der Waals surface area contributed by atoms with E-state index in [1.54, 1.807) is 12.1 Å². The van der Waals surface area contributed by atoms with Crippen LogP contribution in [-0.2, 0) is 0 Å². The van der Waals surface area contributed by atoms with Gasteiger partial charge in [0.15, 0.2) is 10.4 Å². The van der Waals surface area contributed by atoms with Crippen LogP contribution in [-0.4, -0.2) is 35.8 Å². The number of rotatable bonds is 3. The van der Waals surface area contributed by atoms with Crippen molar-refractivity contribution in [2.75, 3.05) is 13.1 Å². The van der Waals surface area contributed by atoms with E-state index in [1.807, 2.05) is 22.4 Å². The molecule has 0 bridgehead atoms. The van der Waals surface area contributed by atoms with Gasteiger partial charge in [0.25, 0.3) is 11.8 Å². The highest BCUT2D eigenvalue weighted by atomic mass is 79.9. The second-order valence-electron chi connectivity index (χ2n) is 5.12. The normalized spacial score (nSPS) is 15.8. The van der Waals surface area contributed by atoms with E-state index in [1.165, 1.54) is 11.3 Å². The molecule has 0 saturated carbocycles. The van der Waals surface area contributed by atoms with Crippen molar-refractivity contribution in [3.05, 3.63) is 45.0 Å². The first-order valence-corrected chi connectivity index (χ1v) is 8.70. The number of thiophene rings is 1. The van der Waals surface area contributed by atoms with Gasteiger partial charge < -0.3 is 14.6 Å². The fraction of sp³-hybridized carbons (Fsp3) is 0.333. The molecule has 1 aliphatic heterocycles. The SMILES string of the molecule is O=C(NC1CCN(C(=O)c2cccs2)CC1)c1ccc(Br)o1. The molecule has 1 fully saturated rings. The minimum absolute atomic E-state index is 0.0729. The van der Waals surface area contributed by atoms with Crippen LogP contribution in [0.4, 0.5) is 0 Å². The molecule has 7 heteroatoms. The van der Waals surface area contributed by atoms with E-state index < -0.39 is 0 Å². The lowest BCUT2D eigenvalue weighted by atomic mass is 10.0. The van der Waals surface area contributed by atoms with Gasteiger partial charge in [-0.05, 0) is 52.4 Å². The third kappa shape index (κ3) is 3.41. The Morgan fingerprint density at radius 3 is 2.64 bits per heavy atom. The smallest absolute Gasteiger partial charge is 0.287 e. The molecule has 0 atom stereocenters. The maximum atomic E-state index is 12.2. The van der Waals surface area contributed by atoms with Gasteiger partial charge in [0.1, 0.15) is 0 Å². The third-order valence-electron chi connectivity index (χ3n) is 3.65. The first kappa shape index (κ1) is 15.3. The molecule has 0 unspecified atom stereocenters. The molecule has 0 radical (unpaired) electrons. The molecule has 2 aromatic heterocycles. The molecular weight excluding hydrogens is 368 g/mol. The van der Waals surface area contributed by atoms with Gasteiger partial charge in [0.05, 0.1) is 4.88 Å². The molecule has 1 N–H and O–H groups in total. The van der Waals surface area contributed by atoms with Crippen molar-refractivity contribution < 1.29 is 14.0 Å². The van der Waals surface area contributed by atoms with E-state index in [0.29, 0.717) is 23.5 Å². The van der Waals surface area contributed by atoms with Gasteiger partial charge >= 0.3 is 0 Å². The number of halogens is 1. The Bertz CT molecular complexity index is 660. The lowest BCUT2D eigenvalue weighted by Gasteiger charge is -2.32. The number of furan rings is 1. The van der Waals surface area contributed by atoms with Crippen molar-refractivity contribution in [1.82, 2.24) is 10.2 Å². The Labute approximate surface area is 140 Å². The highest BCUT2D eigenvalue weighted by molar-refractivity contribution is 9.10. The summed E-state index contributed by atoms with van der Waals surface area (Å²) in [5.74, 6) is 0.160. The van der Waals surface area contributed by atoms with Crippen molar-refractivity contribution in [3.63, 3.8) is 0 Å². The minimum atomic E-state index is -0.214. The zero-order valence-electron chi connectivity index (χ0n) is 11.8. The van der Waals surface area contributed by atoms with Crippen LogP contribution in [0.1, 0.15) is 33.1 Å². The highest BCUT2D eigenvalue weighted by Crippen LogP contribution is 2.18. The van der Waals surface area contributed by atoms with E-state index >= 15 is 0 Å². The molecule has 2 aromatic rings. The van der Waals surface area contributed by atoms with E-state index in [4.69, 9.17) is 4.42 Å². The first-order valence-electron chi connectivity index (χ1n) is 7.02. The molecule has 116 valence electrons. The second-order valence-corrected chi connectivity index (χ2v) is 6.85. The van der Waals surface area contributed by atoms with Gasteiger partial charge in [0, 0.05) is 19.1 Å². The molecule has 0 aromatic carbocycles. The Kier molecular flexibility index (Phi) is 4.63. The number of hydrogen-bond acceptors (Lipinski definition) is 4. The highest BCUT2D eigenvalue weighted by Gasteiger charge is 2.25. The Hall–Kier alpha value is -1.60. The van der Waals surface area contributed by atoms with Crippen LogP contribution >= 0.6 is 27.3 Å². The van der Waals surface area contributed by atoms with E-state index in [0.717, 1.165) is 17.7 Å². The number of hydrogen-bond donors (Lipinski definition) is 1. The summed E-state index contributed by atoms with van der Waals surface area (Å²) in [6.07, 6.45) is 1.51. The number of carbonyl (C=O) groups is 2. The lowest BCUT2D eigenvalue weighted by Crippen LogP contribution is -2.46. The van der Waals surface area contributed by atoms with Crippen molar-refractivity contribution in [2.45, 2.75) is 18.9 Å². The van der Waals surface area contributed by atoms with Crippen LogP contribution in [0.5, 0.6) is 0 Å². The summed E-state index contributed by atoms with van der Waals surface area (Å²) in [7, 11) is 0. The molecule has 3 heterocycles. The molecule has 1 aliphatic rings. The summed E-state index contributed by atoms with van der Waals surface area (Å²) in [6, 6.07) is 7.12. The molecular formula is C15H15BrN2O3S. The standard InChI is InChI=1S/C15H15BrN2O3S/c16-13-4-3-11(21-13)14(19)17-10-5-7-18(8-6-10)15(20)12-2-1-9-22-12/h1-4,9-10H,5-8H2,(H,17,19). The summed E-state index contributed by atoms with van der Waals surface area (Å²) >= 11 is 4.64. The number of nitrogens with one attached hydrogen (secondary N) is 1. The van der Waals surface area contributed by atoms with Crippen molar-refractivity contribution >= 4 is 39.1 Å². The summed E-state index contributed by atoms with van der Waals surface area (Å²) in [5.41, 5.74) is 0. The van der Waals surface area contributed by atoms with Gasteiger partial charge in [-0.15, -0.1) is 11.3 Å². The van der Waals surface area contributed by atoms with Gasteiger partial charge in [-0.2, -0.15) is 0 Å². The monoisotopic (exact) mass is 382 g/mol. The lowest BCUT2D eigenvalue weighted by molar-refractivity contribution is 0.0700. The van der Waals surface area contributed by atoms with Crippen LogP contribution in [0.25, 0.3) is 0 Å². The largest absolute Gasteiger partial charge is 0.444 e. The maximum absolute atomic E-state index is 12.2. The van der Waals surface area contributed by atoms with Crippen molar-refractivity contribution in [3.8, 4) is 0 Å². The van der Waals surface area contributed by atoms with Crippen molar-refractivity contribution in [1.29, 1.82) is 0 Å². The quantitative estimate of drug-likeness (QED) is 0.886. The molecule has 3 rings (SSSR count). The number of piperidine rings is 1. The molecule has 2 amide bonds. The zero-order valence-corrected chi connectivity index (χ0v) is 14.2. The number of likely N-dealkylation sites (tertiary alicyclic amines) is 1. The van der Waals surface area contributed by atoms with Crippen molar-refractivity contribution in [2.24, 2.45) is 0 Å². The summed E-state index contributed by atoms with van der Waals surface area (Å²) in [5, 5.41) is 4.86. The number of amides is 2. The fourth-order valence-corrected chi connectivity index (χ4v) is 3.47. The Morgan fingerprint density at radius 2 is 2.05 bits per heavy atom. The minimum Gasteiger partial charge on any atom is -0.444 e. The average molecular weight is 383 g/mol. The Balaban J connectivity index is 1.51. The van der Waals surface area contributed by atoms with Gasteiger partial charge in [0.2, 0.25) is 0 Å². The molecule has 0 aliphatic carbocycles. The predicted octanol–water partition coefficient (Wildman–Crippen LogP) is 3.14. The second kappa shape index (κ2) is 6.66. The van der Waals surface area contributed by atoms with Gasteiger partial charge in [-0.25, -0.2) is 0 Å². The number of carbonyl (C=O) groups excluding carboxylic acids is 2. The van der Waals surface area contributed by atoms with Gasteiger partial charge in [-0.3, -0.25) is 9.59 Å². The van der Waals surface area contributed by atoms with Crippen LogP contribution in [0, 0.1) is 0 Å². The molecule has 1 saturated heterocycles. The first-order chi connectivity index (χ1) is 10.6. The van der Waals surface area contributed by atoms with Crippen LogP contribution < -0.4 is 5.32 Å². The van der Waals surface area contributed by atoms with Crippen LogP contribution in [0.3, 0.4) is 0 Å². The van der Waals surface area contributed by atoms with E-state index in [2.05, 4.69) is 21.2 Å². The van der Waals surface area contributed by atoms with Gasteiger partial charge in [-0.1, -0.05) is 6.07 Å². The molecule has 5 nitrogen and oxygen atoms in total. The molecule has 0 spiro atoms. The number of nitrogens with zero attached hydrogens (tertiary/aromatic N) is 1. The maximum Gasteiger partial charge on any atom is 0.287 e. The van der Waals surface area contributed by atoms with E-state index in [-0.39, 0.29) is 17.9 Å². The predicted molar refractivity (Wildman–Crippen MR) is 87.1 cm³/mol. The fourth-order valence-electron chi connectivity index (χ4n) is 2.48. The third-order valence-corrected chi connectivity index (χ3v) is 4.93. The van der Waals surface area contributed by atoms with Crippen LogP contribution in [0.2, 0.25) is 0 Å². The Morgan fingerprint density at radius 1 is 1.27 bits per heavy atom. The van der Waals surface area contributed by atoms with E-state index in [9.17, 15) is 9.59 Å².